The third-order valence-corrected chi connectivity index (χ3v) is 12.5. The minimum atomic E-state index is -3.89. The van der Waals surface area contributed by atoms with Crippen molar-refractivity contribution in [3.05, 3.63) is 59.6 Å². The molecule has 2 aliphatic carbocycles. The van der Waals surface area contributed by atoms with Gasteiger partial charge in [0.05, 0.1) is 17.3 Å². The van der Waals surface area contributed by atoms with Crippen LogP contribution in [0.4, 0.5) is 4.79 Å². The molecule has 0 radical (unpaired) electrons. The van der Waals surface area contributed by atoms with Gasteiger partial charge in [-0.05, 0) is 88.9 Å². The summed E-state index contributed by atoms with van der Waals surface area (Å²) in [5.74, 6) is -2.02. The Balaban J connectivity index is 1.22. The molecule has 288 valence electrons. The van der Waals surface area contributed by atoms with E-state index < -0.39 is 74.3 Å². The number of alkyl carbamates (subject to hydrolysis) is 1. The standard InChI is InChI=1S/C39H46ClN5O8S/c1-38(2,3)53-37(49)42-31-14-8-6-4-5-7-11-23-21-39(23,36(48)44-54(50,51)26-16-17-26)43-33(46)32-20-25(22-45(32)35(31)47)52-34-28-13-10-9-12-27(28)29-19-24(40)15-18-30(29)41-34/h7,9-13,15,18-19,23,25-26,31-32H,4-6,8,14,16-17,20-22H2,1-3H3,(H,42,49)(H,43,46)(H,44,48)/b11-7-/t23-,25-,31+,32+,39-/m1/s1. The Morgan fingerprint density at radius 3 is 2.52 bits per heavy atom. The lowest BCUT2D eigenvalue weighted by Crippen LogP contribution is -2.58. The molecule has 54 heavy (non-hydrogen) atoms. The maximum atomic E-state index is 14.5. The molecule has 2 aromatic carbocycles. The molecular formula is C39H46ClN5O8S. The van der Waals surface area contributed by atoms with E-state index in [-0.39, 0.29) is 19.4 Å². The molecule has 2 saturated carbocycles. The van der Waals surface area contributed by atoms with E-state index in [0.717, 1.165) is 29.0 Å². The first-order valence-electron chi connectivity index (χ1n) is 18.6. The zero-order valence-corrected chi connectivity index (χ0v) is 32.2. The van der Waals surface area contributed by atoms with E-state index in [1.165, 1.54) is 4.90 Å². The van der Waals surface area contributed by atoms with Gasteiger partial charge in [-0.2, -0.15) is 0 Å². The average molecular weight is 780 g/mol. The molecular weight excluding hydrogens is 734 g/mol. The fourth-order valence-electron chi connectivity index (χ4n) is 7.44. The fourth-order valence-corrected chi connectivity index (χ4v) is 8.98. The SMILES string of the molecule is CC(C)(C)OC(=O)N[C@H]1CCCCC/C=C\[C@@H]2C[C@@]2(C(=O)NS(=O)(=O)C2CC2)NC(=O)[C@@H]2C[C@@H](Oc3nc4ccc(Cl)cc4c4ccccc34)CN2C1=O. The molecule has 5 atom stereocenters. The molecule has 3 fully saturated rings. The first-order chi connectivity index (χ1) is 25.6. The second kappa shape index (κ2) is 14.7. The molecule has 2 aliphatic heterocycles. The quantitative estimate of drug-likeness (QED) is 0.222. The Kier molecular flexibility index (Phi) is 10.3. The predicted molar refractivity (Wildman–Crippen MR) is 203 cm³/mol. The lowest BCUT2D eigenvalue weighted by atomic mass is 10.0. The van der Waals surface area contributed by atoms with Gasteiger partial charge in [0, 0.05) is 28.1 Å². The largest absolute Gasteiger partial charge is 0.472 e. The Bertz CT molecular complexity index is 2130. The van der Waals surface area contributed by atoms with Crippen LogP contribution in [0.5, 0.6) is 5.88 Å². The van der Waals surface area contributed by atoms with Crippen LogP contribution in [0.2, 0.25) is 5.02 Å². The van der Waals surface area contributed by atoms with Crippen molar-refractivity contribution in [2.45, 2.75) is 113 Å². The molecule has 3 heterocycles. The third kappa shape index (κ3) is 8.14. The molecule has 0 bridgehead atoms. The number of pyridine rings is 1. The minimum absolute atomic E-state index is 0.0172. The molecule has 0 unspecified atom stereocenters. The summed E-state index contributed by atoms with van der Waals surface area (Å²) >= 11 is 6.33. The Hall–Kier alpha value is -4.43. The highest BCUT2D eigenvalue weighted by Gasteiger charge is 2.62. The molecule has 4 amide bonds. The highest BCUT2D eigenvalue weighted by Crippen LogP contribution is 2.46. The van der Waals surface area contributed by atoms with Crippen LogP contribution in [0.15, 0.2) is 54.6 Å². The van der Waals surface area contributed by atoms with Crippen LogP contribution < -0.4 is 20.1 Å². The number of nitrogens with one attached hydrogen (secondary N) is 3. The van der Waals surface area contributed by atoms with Gasteiger partial charge >= 0.3 is 6.09 Å². The van der Waals surface area contributed by atoms with Crippen LogP contribution >= 0.6 is 11.6 Å². The highest BCUT2D eigenvalue weighted by molar-refractivity contribution is 7.91. The van der Waals surface area contributed by atoms with E-state index in [9.17, 15) is 27.6 Å². The van der Waals surface area contributed by atoms with E-state index in [4.69, 9.17) is 26.1 Å². The van der Waals surface area contributed by atoms with Crippen LogP contribution in [-0.2, 0) is 29.1 Å². The number of nitrogens with zero attached hydrogens (tertiary/aromatic N) is 2. The van der Waals surface area contributed by atoms with Gasteiger partial charge in [0.1, 0.15) is 29.3 Å². The van der Waals surface area contributed by atoms with E-state index in [1.54, 1.807) is 32.9 Å². The van der Waals surface area contributed by atoms with Crippen molar-refractivity contribution in [3.8, 4) is 5.88 Å². The summed E-state index contributed by atoms with van der Waals surface area (Å²) < 4.78 is 40.0. The number of carbonyl (C=O) groups excluding carboxylic acids is 4. The van der Waals surface area contributed by atoms with Crippen LogP contribution in [0, 0.1) is 5.92 Å². The van der Waals surface area contributed by atoms with Crippen molar-refractivity contribution in [1.29, 1.82) is 0 Å². The summed E-state index contributed by atoms with van der Waals surface area (Å²) in [6.07, 6.45) is 6.73. The summed E-state index contributed by atoms with van der Waals surface area (Å²) in [6.45, 7) is 5.17. The average Bonchev–Trinajstić information content (AvgIpc) is 4.03. The van der Waals surface area contributed by atoms with E-state index in [0.29, 0.717) is 48.5 Å². The normalized spacial score (nSPS) is 27.1. The number of benzene rings is 2. The topological polar surface area (TPSA) is 173 Å². The lowest BCUT2D eigenvalue weighted by molar-refractivity contribution is -0.141. The van der Waals surface area contributed by atoms with Gasteiger partial charge in [0.25, 0.3) is 5.91 Å². The lowest BCUT2D eigenvalue weighted by Gasteiger charge is -2.30. The van der Waals surface area contributed by atoms with Gasteiger partial charge in [0.15, 0.2) is 0 Å². The number of amides is 4. The summed E-state index contributed by atoms with van der Waals surface area (Å²) in [5, 5.41) is 8.00. The molecule has 15 heteroatoms. The number of hydrogen-bond donors (Lipinski definition) is 3. The number of hydrogen-bond acceptors (Lipinski definition) is 9. The van der Waals surface area contributed by atoms with Crippen LogP contribution in [-0.4, -0.2) is 83.2 Å². The summed E-state index contributed by atoms with van der Waals surface area (Å²) in [4.78, 5) is 61.9. The van der Waals surface area contributed by atoms with Gasteiger partial charge < -0.3 is 25.0 Å². The van der Waals surface area contributed by atoms with Gasteiger partial charge in [-0.25, -0.2) is 18.2 Å². The van der Waals surface area contributed by atoms with E-state index in [2.05, 4.69) is 15.4 Å². The number of halogens is 1. The number of allylic oxidation sites excluding steroid dienone is 1. The molecule has 0 spiro atoms. The monoisotopic (exact) mass is 779 g/mol. The fraction of sp³-hybridized carbons (Fsp3) is 0.513. The number of sulfonamides is 1. The summed E-state index contributed by atoms with van der Waals surface area (Å²) in [5.41, 5.74) is -1.66. The molecule has 1 aromatic heterocycles. The first-order valence-corrected chi connectivity index (χ1v) is 20.6. The van der Waals surface area contributed by atoms with Crippen molar-refractivity contribution < 1.29 is 37.1 Å². The van der Waals surface area contributed by atoms with Crippen LogP contribution in [0.3, 0.4) is 0 Å². The maximum Gasteiger partial charge on any atom is 0.408 e. The van der Waals surface area contributed by atoms with Crippen molar-refractivity contribution in [2.75, 3.05) is 6.54 Å². The van der Waals surface area contributed by atoms with E-state index >= 15 is 0 Å². The van der Waals surface area contributed by atoms with Crippen molar-refractivity contribution in [3.63, 3.8) is 0 Å². The number of aromatic nitrogens is 1. The first kappa shape index (κ1) is 37.9. The van der Waals surface area contributed by atoms with Crippen molar-refractivity contribution >= 4 is 67.1 Å². The highest BCUT2D eigenvalue weighted by atomic mass is 35.5. The smallest absolute Gasteiger partial charge is 0.408 e. The third-order valence-electron chi connectivity index (χ3n) is 10.4. The Morgan fingerprint density at radius 1 is 1.02 bits per heavy atom. The zero-order chi connectivity index (χ0) is 38.4. The molecule has 7 rings (SSSR count). The number of fused-ring (bicyclic) bond motifs is 5. The van der Waals surface area contributed by atoms with Crippen molar-refractivity contribution in [1.82, 2.24) is 25.2 Å². The Labute approximate surface area is 319 Å². The molecule has 1 saturated heterocycles. The molecule has 3 N–H and O–H groups in total. The van der Waals surface area contributed by atoms with Gasteiger partial charge in [-0.1, -0.05) is 54.8 Å². The molecule has 4 aliphatic rings. The minimum Gasteiger partial charge on any atom is -0.472 e. The van der Waals surface area contributed by atoms with Crippen LogP contribution in [0.25, 0.3) is 21.7 Å². The maximum absolute atomic E-state index is 14.5. The predicted octanol–water partition coefficient (Wildman–Crippen LogP) is 5.29. The van der Waals surface area contributed by atoms with Gasteiger partial charge in [0.2, 0.25) is 27.7 Å². The number of ether oxygens (including phenoxy) is 2. The van der Waals surface area contributed by atoms with Gasteiger partial charge in [-0.3, -0.25) is 19.1 Å². The molecule has 13 nitrogen and oxygen atoms in total. The zero-order valence-electron chi connectivity index (χ0n) is 30.6. The van der Waals surface area contributed by atoms with E-state index in [1.807, 2.05) is 42.5 Å². The van der Waals surface area contributed by atoms with Crippen LogP contribution in [0.1, 0.15) is 78.6 Å². The second-order valence-electron chi connectivity index (χ2n) is 15.8. The summed E-state index contributed by atoms with van der Waals surface area (Å²) in [7, 11) is -3.89. The summed E-state index contributed by atoms with van der Waals surface area (Å²) in [6, 6.07) is 10.9. The van der Waals surface area contributed by atoms with Crippen molar-refractivity contribution in [2.24, 2.45) is 5.92 Å². The number of rotatable bonds is 6. The van der Waals surface area contributed by atoms with Gasteiger partial charge in [-0.15, -0.1) is 0 Å². The molecule has 3 aromatic rings. The second-order valence-corrected chi connectivity index (χ2v) is 18.2. The Morgan fingerprint density at radius 2 is 1.78 bits per heavy atom. The number of carbonyl (C=O) groups is 4.